The maximum absolute atomic E-state index is 13.8. The van der Waals surface area contributed by atoms with Crippen LogP contribution in [0.5, 0.6) is 5.75 Å². The van der Waals surface area contributed by atoms with Crippen molar-refractivity contribution in [2.24, 2.45) is 0 Å². The average molecular weight is 303 g/mol. The minimum atomic E-state index is -1.57. The fourth-order valence-corrected chi connectivity index (χ4v) is 1.76. The van der Waals surface area contributed by atoms with Crippen LogP contribution in [0, 0.1) is 29.1 Å². The molecule has 0 aliphatic rings. The van der Waals surface area contributed by atoms with Crippen LogP contribution in [-0.2, 0) is 6.54 Å². The Kier molecular flexibility index (Phi) is 4.30. The normalized spacial score (nSPS) is 10.6. The number of hydrogen-bond acceptors (Lipinski definition) is 2. The van der Waals surface area contributed by atoms with E-state index in [0.29, 0.717) is 0 Å². The van der Waals surface area contributed by atoms with E-state index in [1.807, 2.05) is 0 Å². The zero-order chi connectivity index (χ0) is 15.6. The van der Waals surface area contributed by atoms with Gasteiger partial charge in [-0.1, -0.05) is 12.1 Å². The van der Waals surface area contributed by atoms with Crippen LogP contribution >= 0.6 is 0 Å². The average Bonchev–Trinajstić information content (AvgIpc) is 2.46. The Bertz CT molecular complexity index is 649. The molecular weight excluding hydrogens is 293 g/mol. The van der Waals surface area contributed by atoms with Gasteiger partial charge in [-0.05, 0) is 6.07 Å². The molecular formula is C14H10F5NO. The minimum Gasteiger partial charge on any atom is -0.494 e. The highest BCUT2D eigenvalue weighted by atomic mass is 19.2. The highest BCUT2D eigenvalue weighted by Gasteiger charge is 2.19. The smallest absolute Gasteiger partial charge is 0.185 e. The monoisotopic (exact) mass is 303 g/mol. The number of anilines is 1. The zero-order valence-corrected chi connectivity index (χ0v) is 10.8. The predicted molar refractivity (Wildman–Crippen MR) is 66.6 cm³/mol. The summed E-state index contributed by atoms with van der Waals surface area (Å²) in [6, 6.07) is 4.28. The molecule has 2 rings (SSSR count). The van der Waals surface area contributed by atoms with E-state index in [2.05, 4.69) is 5.32 Å². The van der Waals surface area contributed by atoms with E-state index in [0.717, 1.165) is 0 Å². The quantitative estimate of drug-likeness (QED) is 0.681. The van der Waals surface area contributed by atoms with Crippen LogP contribution in [0.4, 0.5) is 27.6 Å². The number of methoxy groups -OCH3 is 1. The van der Waals surface area contributed by atoms with Crippen molar-refractivity contribution in [1.82, 2.24) is 0 Å². The lowest BCUT2D eigenvalue weighted by molar-refractivity contribution is 0.384. The van der Waals surface area contributed by atoms with Crippen LogP contribution in [0.3, 0.4) is 0 Å². The number of benzene rings is 2. The van der Waals surface area contributed by atoms with E-state index in [-0.39, 0.29) is 23.9 Å². The summed E-state index contributed by atoms with van der Waals surface area (Å²) in [5.74, 6) is -7.01. The summed E-state index contributed by atoms with van der Waals surface area (Å²) >= 11 is 0. The van der Waals surface area contributed by atoms with E-state index in [9.17, 15) is 22.0 Å². The number of hydrogen-bond donors (Lipinski definition) is 1. The molecule has 0 amide bonds. The second kappa shape index (κ2) is 5.99. The third-order valence-electron chi connectivity index (χ3n) is 2.83. The molecule has 0 bridgehead atoms. The van der Waals surface area contributed by atoms with Crippen molar-refractivity contribution in [3.63, 3.8) is 0 Å². The van der Waals surface area contributed by atoms with Crippen LogP contribution in [0.25, 0.3) is 0 Å². The lowest BCUT2D eigenvalue weighted by Crippen LogP contribution is -2.08. The first-order valence-corrected chi connectivity index (χ1v) is 5.84. The van der Waals surface area contributed by atoms with E-state index in [1.54, 1.807) is 0 Å². The largest absolute Gasteiger partial charge is 0.494 e. The Morgan fingerprint density at radius 3 is 2.14 bits per heavy atom. The predicted octanol–water partition coefficient (Wildman–Crippen LogP) is 4.00. The van der Waals surface area contributed by atoms with Crippen LogP contribution in [0.1, 0.15) is 5.56 Å². The van der Waals surface area contributed by atoms with Gasteiger partial charge in [0.15, 0.2) is 34.8 Å². The summed E-state index contributed by atoms with van der Waals surface area (Å²) in [5, 5.41) is 2.15. The van der Waals surface area contributed by atoms with Gasteiger partial charge in [0.1, 0.15) is 5.69 Å². The summed E-state index contributed by atoms with van der Waals surface area (Å²) in [7, 11) is 1.26. The van der Waals surface area contributed by atoms with Gasteiger partial charge in [-0.3, -0.25) is 0 Å². The van der Waals surface area contributed by atoms with Gasteiger partial charge in [0.2, 0.25) is 0 Å². The molecule has 0 heterocycles. The molecule has 0 fully saturated rings. The second-order valence-corrected chi connectivity index (χ2v) is 4.13. The van der Waals surface area contributed by atoms with Gasteiger partial charge in [-0.2, -0.15) is 0 Å². The minimum absolute atomic E-state index is 0.0258. The third-order valence-corrected chi connectivity index (χ3v) is 2.83. The Balaban J connectivity index is 2.29. The second-order valence-electron chi connectivity index (χ2n) is 4.13. The Morgan fingerprint density at radius 1 is 0.952 bits per heavy atom. The zero-order valence-electron chi connectivity index (χ0n) is 10.8. The standard InChI is InChI=1S/C14H10F5NO/c1-21-10-4-2-3-7(11(10)17)6-20-14-12(18)8(15)5-9(16)13(14)19/h2-5,20H,6H2,1H3. The summed E-state index contributed by atoms with van der Waals surface area (Å²) in [6.07, 6.45) is 0. The van der Waals surface area contributed by atoms with E-state index >= 15 is 0 Å². The SMILES string of the molecule is COc1cccc(CNc2c(F)c(F)cc(F)c2F)c1F. The number of halogens is 5. The molecule has 1 N–H and O–H groups in total. The van der Waals surface area contributed by atoms with Crippen molar-refractivity contribution in [2.75, 3.05) is 12.4 Å². The van der Waals surface area contributed by atoms with Crippen LogP contribution < -0.4 is 10.1 Å². The molecule has 2 nitrogen and oxygen atoms in total. The molecule has 0 aliphatic carbocycles. The number of ether oxygens (including phenoxy) is 1. The fourth-order valence-electron chi connectivity index (χ4n) is 1.76. The Labute approximate surface area is 117 Å². The van der Waals surface area contributed by atoms with Gasteiger partial charge in [-0.25, -0.2) is 22.0 Å². The van der Waals surface area contributed by atoms with Crippen LogP contribution in [-0.4, -0.2) is 7.11 Å². The molecule has 0 atom stereocenters. The first-order valence-electron chi connectivity index (χ1n) is 5.84. The Hall–Kier alpha value is -2.31. The van der Waals surface area contributed by atoms with Crippen LogP contribution in [0.2, 0.25) is 0 Å². The van der Waals surface area contributed by atoms with Gasteiger partial charge in [0, 0.05) is 18.2 Å². The maximum atomic E-state index is 13.8. The maximum Gasteiger partial charge on any atom is 0.185 e. The van der Waals surface area contributed by atoms with Gasteiger partial charge in [0.25, 0.3) is 0 Å². The molecule has 0 saturated carbocycles. The van der Waals surface area contributed by atoms with Gasteiger partial charge >= 0.3 is 0 Å². The first-order chi connectivity index (χ1) is 9.95. The molecule has 2 aromatic rings. The molecule has 0 aliphatic heterocycles. The van der Waals surface area contributed by atoms with Crippen molar-refractivity contribution < 1.29 is 26.7 Å². The lowest BCUT2D eigenvalue weighted by Gasteiger charge is -2.11. The summed E-state index contributed by atoms with van der Waals surface area (Å²) in [6.45, 7) is -0.375. The number of rotatable bonds is 4. The van der Waals surface area contributed by atoms with Gasteiger partial charge in [-0.15, -0.1) is 0 Å². The molecule has 0 radical (unpaired) electrons. The number of nitrogens with one attached hydrogen (secondary N) is 1. The summed E-state index contributed by atoms with van der Waals surface area (Å²) in [4.78, 5) is 0. The van der Waals surface area contributed by atoms with Crippen molar-refractivity contribution >= 4 is 5.69 Å². The molecule has 7 heteroatoms. The van der Waals surface area contributed by atoms with Gasteiger partial charge < -0.3 is 10.1 Å². The molecule has 0 aromatic heterocycles. The Morgan fingerprint density at radius 2 is 1.57 bits per heavy atom. The highest BCUT2D eigenvalue weighted by molar-refractivity contribution is 5.48. The van der Waals surface area contributed by atoms with Crippen molar-refractivity contribution in [3.05, 3.63) is 58.9 Å². The van der Waals surface area contributed by atoms with Gasteiger partial charge in [0.05, 0.1) is 7.11 Å². The molecule has 21 heavy (non-hydrogen) atoms. The highest BCUT2D eigenvalue weighted by Crippen LogP contribution is 2.26. The lowest BCUT2D eigenvalue weighted by atomic mass is 10.2. The van der Waals surface area contributed by atoms with Crippen LogP contribution in [0.15, 0.2) is 24.3 Å². The van der Waals surface area contributed by atoms with E-state index < -0.39 is 34.8 Å². The molecule has 112 valence electrons. The molecule has 2 aromatic carbocycles. The fraction of sp³-hybridized carbons (Fsp3) is 0.143. The molecule has 0 saturated heterocycles. The van der Waals surface area contributed by atoms with Crippen molar-refractivity contribution in [1.29, 1.82) is 0 Å². The topological polar surface area (TPSA) is 21.3 Å². The van der Waals surface area contributed by atoms with Crippen molar-refractivity contribution in [2.45, 2.75) is 6.54 Å². The van der Waals surface area contributed by atoms with E-state index in [1.165, 1.54) is 25.3 Å². The van der Waals surface area contributed by atoms with Crippen molar-refractivity contribution in [3.8, 4) is 5.75 Å². The summed E-state index contributed by atoms with van der Waals surface area (Å²) < 4.78 is 71.5. The molecule has 0 spiro atoms. The first kappa shape index (κ1) is 15.1. The van der Waals surface area contributed by atoms with E-state index in [4.69, 9.17) is 4.74 Å². The summed E-state index contributed by atoms with van der Waals surface area (Å²) in [5.41, 5.74) is -0.965. The molecule has 0 unspecified atom stereocenters. The third kappa shape index (κ3) is 2.91.